The summed E-state index contributed by atoms with van der Waals surface area (Å²) >= 11 is 0. The molecule has 0 aromatic carbocycles. The van der Waals surface area contributed by atoms with Gasteiger partial charge in [-0.2, -0.15) is 0 Å². The van der Waals surface area contributed by atoms with Gasteiger partial charge in [-0.05, 0) is 46.1 Å². The van der Waals surface area contributed by atoms with Crippen LogP contribution in [0.2, 0.25) is 0 Å². The fourth-order valence-corrected chi connectivity index (χ4v) is 1.57. The zero-order valence-electron chi connectivity index (χ0n) is 11.7. The Morgan fingerprint density at radius 2 is 2.26 bits per heavy atom. The minimum atomic E-state index is -0.821. The topological polar surface area (TPSA) is 77.7 Å². The molecule has 108 valence electrons. The Labute approximate surface area is 113 Å². The van der Waals surface area contributed by atoms with Gasteiger partial charge >= 0.3 is 6.03 Å². The quantitative estimate of drug-likeness (QED) is 0.689. The lowest BCUT2D eigenvalue weighted by Crippen LogP contribution is -2.43. The lowest BCUT2D eigenvalue weighted by Gasteiger charge is -2.17. The average Bonchev–Trinajstić information content (AvgIpc) is 2.87. The highest BCUT2D eigenvalue weighted by Crippen LogP contribution is 2.11. The minimum Gasteiger partial charge on any atom is -0.467 e. The molecule has 0 aliphatic heterocycles. The Kier molecular flexibility index (Phi) is 6.38. The molecule has 0 radical (unpaired) electrons. The van der Waals surface area contributed by atoms with E-state index in [-0.39, 0.29) is 18.6 Å². The Morgan fingerprint density at radius 3 is 2.84 bits per heavy atom. The Morgan fingerprint density at radius 1 is 1.53 bits per heavy atom. The van der Waals surface area contributed by atoms with Gasteiger partial charge in [-0.3, -0.25) is 0 Å². The number of aliphatic hydroxyl groups excluding tert-OH is 1. The molecule has 1 aromatic rings. The standard InChI is InChI=1S/C13H23N3O3/c1-10(6-7-16(2)3)15-13(18)14-9-11(17)12-5-4-8-19-12/h4-5,8,10-11,17H,6-7,9H2,1-3H3,(H2,14,15,18). The minimum absolute atomic E-state index is 0.0863. The number of hydrogen-bond donors (Lipinski definition) is 3. The van der Waals surface area contributed by atoms with E-state index in [0.717, 1.165) is 13.0 Å². The largest absolute Gasteiger partial charge is 0.467 e. The molecular formula is C13H23N3O3. The summed E-state index contributed by atoms with van der Waals surface area (Å²) in [4.78, 5) is 13.7. The van der Waals surface area contributed by atoms with E-state index in [0.29, 0.717) is 5.76 Å². The van der Waals surface area contributed by atoms with E-state index in [9.17, 15) is 9.90 Å². The molecular weight excluding hydrogens is 246 g/mol. The predicted octanol–water partition coefficient (Wildman–Crippen LogP) is 0.952. The molecule has 19 heavy (non-hydrogen) atoms. The van der Waals surface area contributed by atoms with Crippen LogP contribution in [-0.2, 0) is 0 Å². The fraction of sp³-hybridized carbons (Fsp3) is 0.615. The van der Waals surface area contributed by atoms with Crippen LogP contribution in [0.3, 0.4) is 0 Å². The molecule has 1 aromatic heterocycles. The van der Waals surface area contributed by atoms with Gasteiger partial charge in [-0.15, -0.1) is 0 Å². The molecule has 1 heterocycles. The number of urea groups is 1. The molecule has 0 aliphatic rings. The van der Waals surface area contributed by atoms with Gasteiger partial charge in [-0.25, -0.2) is 4.79 Å². The van der Waals surface area contributed by atoms with Gasteiger partial charge in [0.1, 0.15) is 11.9 Å². The monoisotopic (exact) mass is 269 g/mol. The maximum absolute atomic E-state index is 11.6. The number of nitrogens with one attached hydrogen (secondary N) is 2. The second-order valence-electron chi connectivity index (χ2n) is 4.88. The van der Waals surface area contributed by atoms with E-state index in [1.54, 1.807) is 12.1 Å². The third-order valence-corrected chi connectivity index (χ3v) is 2.71. The molecule has 2 unspecified atom stereocenters. The smallest absolute Gasteiger partial charge is 0.315 e. The van der Waals surface area contributed by atoms with Gasteiger partial charge in [0.25, 0.3) is 0 Å². The highest BCUT2D eigenvalue weighted by molar-refractivity contribution is 5.74. The van der Waals surface area contributed by atoms with Crippen LogP contribution in [0.1, 0.15) is 25.2 Å². The molecule has 6 nitrogen and oxygen atoms in total. The van der Waals surface area contributed by atoms with Crippen molar-refractivity contribution in [2.24, 2.45) is 0 Å². The van der Waals surface area contributed by atoms with Crippen LogP contribution in [0.25, 0.3) is 0 Å². The second kappa shape index (κ2) is 7.81. The van der Waals surface area contributed by atoms with E-state index in [1.165, 1.54) is 6.26 Å². The number of nitrogens with zero attached hydrogens (tertiary/aromatic N) is 1. The maximum atomic E-state index is 11.6. The van der Waals surface area contributed by atoms with Gasteiger partial charge in [0, 0.05) is 6.04 Å². The van der Waals surface area contributed by atoms with E-state index in [1.807, 2.05) is 21.0 Å². The van der Waals surface area contributed by atoms with E-state index in [4.69, 9.17) is 4.42 Å². The molecule has 0 spiro atoms. The number of aliphatic hydroxyl groups is 1. The van der Waals surface area contributed by atoms with Crippen molar-refractivity contribution in [1.82, 2.24) is 15.5 Å². The molecule has 2 atom stereocenters. The van der Waals surface area contributed by atoms with Crippen LogP contribution in [-0.4, -0.2) is 49.3 Å². The number of amides is 2. The average molecular weight is 269 g/mol. The Balaban J connectivity index is 2.20. The number of rotatable bonds is 7. The summed E-state index contributed by atoms with van der Waals surface area (Å²) in [7, 11) is 3.99. The van der Waals surface area contributed by atoms with Crippen LogP contribution < -0.4 is 10.6 Å². The SMILES string of the molecule is CC(CCN(C)C)NC(=O)NCC(O)c1ccco1. The van der Waals surface area contributed by atoms with Gasteiger partial charge in [0.2, 0.25) is 0 Å². The van der Waals surface area contributed by atoms with Crippen molar-refractivity contribution in [1.29, 1.82) is 0 Å². The lowest BCUT2D eigenvalue weighted by atomic mass is 10.2. The summed E-state index contributed by atoms with van der Waals surface area (Å²) in [6, 6.07) is 3.17. The van der Waals surface area contributed by atoms with Crippen molar-refractivity contribution in [2.75, 3.05) is 27.2 Å². The highest BCUT2D eigenvalue weighted by Gasteiger charge is 2.12. The van der Waals surface area contributed by atoms with Crippen LogP contribution in [0.5, 0.6) is 0 Å². The van der Waals surface area contributed by atoms with Gasteiger partial charge in [0.15, 0.2) is 0 Å². The van der Waals surface area contributed by atoms with Crippen molar-refractivity contribution in [3.05, 3.63) is 24.2 Å². The molecule has 2 amide bonds. The van der Waals surface area contributed by atoms with Gasteiger partial charge in [0.05, 0.1) is 12.8 Å². The lowest BCUT2D eigenvalue weighted by molar-refractivity contribution is 0.147. The van der Waals surface area contributed by atoms with Crippen molar-refractivity contribution < 1.29 is 14.3 Å². The van der Waals surface area contributed by atoms with Crippen LogP contribution in [0.15, 0.2) is 22.8 Å². The van der Waals surface area contributed by atoms with Crippen LogP contribution in [0.4, 0.5) is 4.79 Å². The van der Waals surface area contributed by atoms with Crippen LogP contribution >= 0.6 is 0 Å². The molecule has 0 saturated carbocycles. The van der Waals surface area contributed by atoms with E-state index >= 15 is 0 Å². The first-order valence-electron chi connectivity index (χ1n) is 6.39. The molecule has 0 aliphatic carbocycles. The van der Waals surface area contributed by atoms with Crippen LogP contribution in [0, 0.1) is 0 Å². The molecule has 6 heteroatoms. The second-order valence-corrected chi connectivity index (χ2v) is 4.88. The first kappa shape index (κ1) is 15.5. The molecule has 1 rings (SSSR count). The third-order valence-electron chi connectivity index (χ3n) is 2.71. The molecule has 0 saturated heterocycles. The molecule has 0 bridgehead atoms. The summed E-state index contributed by atoms with van der Waals surface area (Å²) < 4.78 is 5.05. The summed E-state index contributed by atoms with van der Waals surface area (Å²) in [5.41, 5.74) is 0. The van der Waals surface area contributed by atoms with Crippen molar-refractivity contribution in [3.8, 4) is 0 Å². The summed E-state index contributed by atoms with van der Waals surface area (Å²) in [6.45, 7) is 2.99. The van der Waals surface area contributed by atoms with E-state index < -0.39 is 6.10 Å². The zero-order valence-corrected chi connectivity index (χ0v) is 11.7. The molecule has 3 N–H and O–H groups in total. The number of hydrogen-bond acceptors (Lipinski definition) is 4. The third kappa shape index (κ3) is 6.26. The summed E-state index contributed by atoms with van der Waals surface area (Å²) in [5, 5.41) is 15.2. The first-order valence-corrected chi connectivity index (χ1v) is 6.39. The van der Waals surface area contributed by atoms with E-state index in [2.05, 4.69) is 15.5 Å². The highest BCUT2D eigenvalue weighted by atomic mass is 16.4. The normalized spacial score (nSPS) is 14.2. The van der Waals surface area contributed by atoms with Crippen molar-refractivity contribution in [3.63, 3.8) is 0 Å². The summed E-state index contributed by atoms with van der Waals surface area (Å²) in [5.74, 6) is 0.445. The van der Waals surface area contributed by atoms with Gasteiger partial charge in [-0.1, -0.05) is 0 Å². The summed E-state index contributed by atoms with van der Waals surface area (Å²) in [6.07, 6.45) is 1.54. The Hall–Kier alpha value is -1.53. The zero-order chi connectivity index (χ0) is 14.3. The maximum Gasteiger partial charge on any atom is 0.315 e. The molecule has 0 fully saturated rings. The number of carbonyl (C=O) groups is 1. The fourth-order valence-electron chi connectivity index (χ4n) is 1.57. The van der Waals surface area contributed by atoms with Crippen molar-refractivity contribution in [2.45, 2.75) is 25.5 Å². The van der Waals surface area contributed by atoms with Crippen molar-refractivity contribution >= 4 is 6.03 Å². The number of carbonyl (C=O) groups excluding carboxylic acids is 1. The number of furan rings is 1. The predicted molar refractivity (Wildman–Crippen MR) is 72.8 cm³/mol. The Bertz CT molecular complexity index is 365. The first-order chi connectivity index (χ1) is 8.99. The van der Waals surface area contributed by atoms with Gasteiger partial charge < -0.3 is 25.1 Å².